The van der Waals surface area contributed by atoms with E-state index in [1.54, 1.807) is 0 Å². The molecule has 0 aromatic rings. The largest absolute Gasteiger partial charge is 1.00 e. The topological polar surface area (TPSA) is 60.7 Å². The van der Waals surface area contributed by atoms with Crippen molar-refractivity contribution in [3.8, 4) is 0 Å². The van der Waals surface area contributed by atoms with Crippen LogP contribution >= 0.6 is 0 Å². The van der Waals surface area contributed by atoms with Crippen molar-refractivity contribution in [2.75, 3.05) is 0 Å². The van der Waals surface area contributed by atoms with Gasteiger partial charge in [-0.3, -0.25) is 0 Å². The second-order valence-electron chi connectivity index (χ2n) is 0.346. The van der Waals surface area contributed by atoms with Crippen molar-refractivity contribution in [2.45, 2.75) is 0 Å². The van der Waals surface area contributed by atoms with Crippen LogP contribution in [0.15, 0.2) is 0 Å². The van der Waals surface area contributed by atoms with Gasteiger partial charge < -0.3 is 16.5 Å². The fourth-order valence-electron chi connectivity index (χ4n) is 0. The fraction of sp³-hybridized carbons (Fsp3) is 0. The maximum Gasteiger partial charge on any atom is 1.00 e. The van der Waals surface area contributed by atoms with E-state index >= 15 is 0 Å². The molecule has 0 aromatic heterocycles. The maximum atomic E-state index is 7.17. The normalized spacial score (nSPS) is 5.40. The van der Waals surface area contributed by atoms with Crippen molar-refractivity contribution in [3.05, 3.63) is 0 Å². The predicted octanol–water partition coefficient (Wildman–Crippen LogP) is -4.69. The van der Waals surface area contributed by atoms with Gasteiger partial charge in [0.25, 0.3) is 0 Å². The van der Waals surface area contributed by atoms with E-state index in [2.05, 4.69) is 0 Å². The minimum absolute atomic E-state index is 0. The van der Waals surface area contributed by atoms with Gasteiger partial charge in [0, 0.05) is 1.43 Å². The molecule has 0 saturated carbocycles. The molecule has 0 aliphatic carbocycles. The second-order valence-corrected chi connectivity index (χ2v) is 0.346. The van der Waals surface area contributed by atoms with Crippen LogP contribution in [0.3, 0.4) is 0 Å². The summed E-state index contributed by atoms with van der Waals surface area (Å²) in [6, 6.07) is 0. The zero-order valence-electron chi connectivity index (χ0n) is 3.92. The summed E-state index contributed by atoms with van der Waals surface area (Å²) in [6.45, 7) is 0. The first-order valence-corrected chi connectivity index (χ1v) is 0.775. The summed E-state index contributed by atoms with van der Waals surface area (Å²) in [5.41, 5.74) is 0. The summed E-state index contributed by atoms with van der Waals surface area (Å²) < 4.78 is 0. The van der Waals surface area contributed by atoms with Gasteiger partial charge in [0.05, 0.1) is 0 Å². The Bertz CT molecular complexity index is 17.7. The Hall–Kier alpha value is 0.542. The van der Waals surface area contributed by atoms with Crippen LogP contribution in [0.4, 0.5) is 0 Å². The molecule has 3 nitrogen and oxygen atoms in total. The quantitative estimate of drug-likeness (QED) is 0.252. The molecular weight excluding hydrogens is 65.8 g/mol. The summed E-state index contributed by atoms with van der Waals surface area (Å²) >= 11 is 0. The van der Waals surface area contributed by atoms with Gasteiger partial charge in [-0.05, 0) is 0 Å². The maximum absolute atomic E-state index is 7.17. The fourth-order valence-corrected chi connectivity index (χ4v) is 0. The van der Waals surface area contributed by atoms with Gasteiger partial charge in [0.1, 0.15) is 0 Å². The summed E-state index contributed by atoms with van der Waals surface area (Å²) in [5.74, 6) is 0. The van der Waals surface area contributed by atoms with Crippen molar-refractivity contribution in [1.82, 2.24) is 0 Å². The van der Waals surface area contributed by atoms with E-state index in [1.807, 2.05) is 0 Å². The van der Waals surface area contributed by atoms with Crippen molar-refractivity contribution in [1.29, 1.82) is 0 Å². The molecule has 0 radical (unpaired) electrons. The molecule has 5 heteroatoms. The molecule has 0 aliphatic rings. The van der Waals surface area contributed by atoms with E-state index in [4.69, 9.17) is 15.1 Å². The van der Waals surface area contributed by atoms with Crippen LogP contribution in [-0.4, -0.2) is 22.4 Å². The van der Waals surface area contributed by atoms with E-state index in [1.165, 1.54) is 0 Å². The van der Waals surface area contributed by atoms with Crippen LogP contribution in [0, 0.1) is 0 Å². The molecule has 0 rings (SSSR count). The molecular formula is H6BLiO3. The van der Waals surface area contributed by atoms with Gasteiger partial charge in [-0.25, -0.2) is 0 Å². The molecule has 0 amide bonds. The van der Waals surface area contributed by atoms with Crippen molar-refractivity contribution in [3.63, 3.8) is 0 Å². The van der Waals surface area contributed by atoms with Crippen LogP contribution in [-0.2, 0) is 0 Å². The van der Waals surface area contributed by atoms with Gasteiger partial charge >= 0.3 is 26.2 Å². The first kappa shape index (κ1) is 9.11. The van der Waals surface area contributed by atoms with E-state index in [0.29, 0.717) is 0 Å². The molecule has 0 saturated heterocycles. The first-order valence-electron chi connectivity index (χ1n) is 0.775. The Labute approximate surface area is 45.0 Å². The van der Waals surface area contributed by atoms with Gasteiger partial charge in [0.15, 0.2) is 0 Å². The smallest absolute Gasteiger partial charge is 1.00 e. The standard InChI is InChI=1S/BH3O3.Li.H2.H/c2-1(3)4;;;/h2-4H;;1H;/q;+1;;-1. The molecule has 0 fully saturated rings. The van der Waals surface area contributed by atoms with Crippen LogP contribution < -0.4 is 18.9 Å². The summed E-state index contributed by atoms with van der Waals surface area (Å²) in [4.78, 5) is 0. The van der Waals surface area contributed by atoms with Gasteiger partial charge in [0.2, 0.25) is 0 Å². The Morgan fingerprint density at radius 3 is 1.40 bits per heavy atom. The number of rotatable bonds is 0. The molecule has 0 aliphatic heterocycles. The predicted molar refractivity (Wildman–Crippen MR) is 15.6 cm³/mol. The average Bonchev–Trinajstić information content (AvgIpc) is 0.811. The van der Waals surface area contributed by atoms with E-state index in [9.17, 15) is 0 Å². The van der Waals surface area contributed by atoms with Crippen molar-refractivity contribution in [2.24, 2.45) is 0 Å². The number of hydrogen-bond acceptors (Lipinski definition) is 3. The van der Waals surface area contributed by atoms with Crippen LogP contribution in [0.1, 0.15) is 2.85 Å². The van der Waals surface area contributed by atoms with Gasteiger partial charge in [-0.2, -0.15) is 0 Å². The minimum atomic E-state index is -2.17. The summed E-state index contributed by atoms with van der Waals surface area (Å²) in [5, 5.41) is 21.5. The Morgan fingerprint density at radius 2 is 1.40 bits per heavy atom. The summed E-state index contributed by atoms with van der Waals surface area (Å²) in [6.07, 6.45) is 0. The minimum Gasteiger partial charge on any atom is -1.00 e. The third kappa shape index (κ3) is 99.8. The van der Waals surface area contributed by atoms with Crippen LogP contribution in [0.25, 0.3) is 0 Å². The molecule has 0 spiro atoms. The van der Waals surface area contributed by atoms with Crippen molar-refractivity contribution < 1.29 is 36.8 Å². The Morgan fingerprint density at radius 1 is 1.40 bits per heavy atom. The molecule has 0 atom stereocenters. The van der Waals surface area contributed by atoms with E-state index in [-0.39, 0.29) is 21.7 Å². The van der Waals surface area contributed by atoms with E-state index in [0.717, 1.165) is 0 Å². The van der Waals surface area contributed by atoms with Crippen molar-refractivity contribution >= 4 is 7.32 Å². The third-order valence-electron chi connectivity index (χ3n) is 0. The molecule has 0 bridgehead atoms. The molecule has 28 valence electrons. The number of hydrogen-bond donors (Lipinski definition) is 3. The monoisotopic (exact) mass is 72.1 g/mol. The van der Waals surface area contributed by atoms with Crippen LogP contribution in [0.5, 0.6) is 0 Å². The molecule has 5 heavy (non-hydrogen) atoms. The van der Waals surface area contributed by atoms with Gasteiger partial charge in [-0.15, -0.1) is 0 Å². The third-order valence-corrected chi connectivity index (χ3v) is 0. The summed E-state index contributed by atoms with van der Waals surface area (Å²) in [7, 11) is -2.17. The zero-order chi connectivity index (χ0) is 3.58. The van der Waals surface area contributed by atoms with E-state index < -0.39 is 7.32 Å². The molecule has 0 heterocycles. The molecule has 3 N–H and O–H groups in total. The Kier molecular flexibility index (Phi) is 8.28. The first-order chi connectivity index (χ1) is 1.73. The second kappa shape index (κ2) is 4.54. The van der Waals surface area contributed by atoms with Crippen LogP contribution in [0.2, 0.25) is 0 Å². The molecule has 0 aromatic carbocycles. The van der Waals surface area contributed by atoms with Gasteiger partial charge in [-0.1, -0.05) is 0 Å². The SMILES string of the molecule is OB(O)O.[H-].[HH].[Li+]. The molecule has 0 unspecified atom stereocenters. The zero-order valence-corrected chi connectivity index (χ0v) is 2.92. The Balaban J connectivity index is -0.0000000150. The average molecular weight is 71.8 g/mol.